The molecule has 0 spiro atoms. The van der Waals surface area contributed by atoms with Crippen LogP contribution in [0.25, 0.3) is 11.0 Å². The fourth-order valence-corrected chi connectivity index (χ4v) is 2.97. The molecule has 1 aliphatic rings. The van der Waals surface area contributed by atoms with Crippen molar-refractivity contribution in [2.45, 2.75) is 51.5 Å². The van der Waals surface area contributed by atoms with Crippen molar-refractivity contribution in [3.8, 4) is 0 Å². The summed E-state index contributed by atoms with van der Waals surface area (Å²) in [5.74, 6) is 0.910. The van der Waals surface area contributed by atoms with Gasteiger partial charge in [-0.1, -0.05) is 25.7 Å². The zero-order chi connectivity index (χ0) is 13.9. The lowest BCUT2D eigenvalue weighted by atomic mass is 10.1. The van der Waals surface area contributed by atoms with Gasteiger partial charge in [0.25, 0.3) is 5.91 Å². The Morgan fingerprint density at radius 2 is 2.00 bits per heavy atom. The van der Waals surface area contributed by atoms with E-state index < -0.39 is 0 Å². The number of nitrogens with one attached hydrogen (secondary N) is 2. The summed E-state index contributed by atoms with van der Waals surface area (Å²) in [6.45, 7) is 1.92. The Morgan fingerprint density at radius 3 is 2.75 bits per heavy atom. The number of hydrogen-bond donors (Lipinski definition) is 2. The number of carbonyl (C=O) groups is 1. The van der Waals surface area contributed by atoms with Crippen LogP contribution in [-0.2, 0) is 0 Å². The van der Waals surface area contributed by atoms with Gasteiger partial charge in [-0.2, -0.15) is 0 Å². The van der Waals surface area contributed by atoms with E-state index in [0.717, 1.165) is 29.7 Å². The summed E-state index contributed by atoms with van der Waals surface area (Å²) in [5.41, 5.74) is 2.55. The summed E-state index contributed by atoms with van der Waals surface area (Å²) in [7, 11) is 0. The van der Waals surface area contributed by atoms with E-state index in [9.17, 15) is 4.79 Å². The number of benzene rings is 1. The highest BCUT2D eigenvalue weighted by atomic mass is 16.1. The first-order chi connectivity index (χ1) is 9.72. The summed E-state index contributed by atoms with van der Waals surface area (Å²) in [5, 5.41) is 3.17. The van der Waals surface area contributed by atoms with Crippen LogP contribution in [0.2, 0.25) is 0 Å². The third-order valence-electron chi connectivity index (χ3n) is 4.05. The van der Waals surface area contributed by atoms with Crippen LogP contribution in [0.1, 0.15) is 54.7 Å². The van der Waals surface area contributed by atoms with E-state index in [1.165, 1.54) is 25.7 Å². The molecule has 2 aromatic rings. The van der Waals surface area contributed by atoms with Gasteiger partial charge in [0.05, 0.1) is 11.0 Å². The van der Waals surface area contributed by atoms with E-state index in [-0.39, 0.29) is 5.91 Å². The molecule has 2 N–H and O–H groups in total. The van der Waals surface area contributed by atoms with Crippen LogP contribution in [0.4, 0.5) is 0 Å². The van der Waals surface area contributed by atoms with E-state index in [0.29, 0.717) is 11.6 Å². The SMILES string of the molecule is Cc1nc2ccc(C(=O)NC3CCCCCC3)cc2[nH]1. The molecule has 0 aliphatic heterocycles. The fraction of sp³-hybridized carbons (Fsp3) is 0.500. The normalized spacial score (nSPS) is 17.1. The lowest BCUT2D eigenvalue weighted by molar-refractivity contribution is 0.0933. The highest BCUT2D eigenvalue weighted by Crippen LogP contribution is 2.18. The van der Waals surface area contributed by atoms with Gasteiger partial charge in [-0.05, 0) is 38.0 Å². The zero-order valence-corrected chi connectivity index (χ0v) is 11.9. The van der Waals surface area contributed by atoms with E-state index in [1.54, 1.807) is 0 Å². The Labute approximate surface area is 119 Å². The number of rotatable bonds is 2. The van der Waals surface area contributed by atoms with Crippen LogP contribution < -0.4 is 5.32 Å². The molecule has 1 amide bonds. The molecule has 0 saturated heterocycles. The monoisotopic (exact) mass is 271 g/mol. The maximum Gasteiger partial charge on any atom is 0.251 e. The van der Waals surface area contributed by atoms with Crippen molar-refractivity contribution < 1.29 is 4.79 Å². The van der Waals surface area contributed by atoms with Crippen molar-refractivity contribution in [1.29, 1.82) is 0 Å². The maximum absolute atomic E-state index is 12.3. The van der Waals surface area contributed by atoms with Crippen LogP contribution >= 0.6 is 0 Å². The minimum absolute atomic E-state index is 0.0334. The largest absolute Gasteiger partial charge is 0.349 e. The molecule has 1 aliphatic carbocycles. The third kappa shape index (κ3) is 2.84. The number of imidazole rings is 1. The number of nitrogens with zero attached hydrogens (tertiary/aromatic N) is 1. The van der Waals surface area contributed by atoms with Crippen LogP contribution in [-0.4, -0.2) is 21.9 Å². The molecule has 1 aromatic carbocycles. The number of carbonyl (C=O) groups excluding carboxylic acids is 1. The first-order valence-electron chi connectivity index (χ1n) is 7.49. The van der Waals surface area contributed by atoms with Gasteiger partial charge < -0.3 is 10.3 Å². The molecule has 1 aromatic heterocycles. The fourth-order valence-electron chi connectivity index (χ4n) is 2.97. The van der Waals surface area contributed by atoms with E-state index in [2.05, 4.69) is 15.3 Å². The molecular formula is C16H21N3O. The van der Waals surface area contributed by atoms with E-state index >= 15 is 0 Å². The second kappa shape index (κ2) is 5.65. The first-order valence-corrected chi connectivity index (χ1v) is 7.49. The highest BCUT2D eigenvalue weighted by Gasteiger charge is 2.16. The molecule has 1 saturated carbocycles. The molecule has 0 radical (unpaired) electrons. The van der Waals surface area contributed by atoms with Crippen molar-refractivity contribution in [2.75, 3.05) is 0 Å². The van der Waals surface area contributed by atoms with Crippen LogP contribution in [0, 0.1) is 6.92 Å². The Balaban J connectivity index is 1.74. The molecule has 4 nitrogen and oxygen atoms in total. The van der Waals surface area contributed by atoms with Crippen LogP contribution in [0.3, 0.4) is 0 Å². The Morgan fingerprint density at radius 1 is 1.25 bits per heavy atom. The minimum Gasteiger partial charge on any atom is -0.349 e. The molecule has 0 bridgehead atoms. The summed E-state index contributed by atoms with van der Waals surface area (Å²) in [6, 6.07) is 5.99. The average molecular weight is 271 g/mol. The number of aryl methyl sites for hydroxylation is 1. The third-order valence-corrected chi connectivity index (χ3v) is 4.05. The van der Waals surface area contributed by atoms with Gasteiger partial charge >= 0.3 is 0 Å². The van der Waals surface area contributed by atoms with Gasteiger partial charge in [0.1, 0.15) is 5.82 Å². The predicted octanol–water partition coefficient (Wildman–Crippen LogP) is 3.32. The molecule has 106 valence electrons. The first kappa shape index (κ1) is 13.2. The predicted molar refractivity (Wildman–Crippen MR) is 79.8 cm³/mol. The maximum atomic E-state index is 12.3. The molecule has 1 heterocycles. The van der Waals surface area contributed by atoms with E-state index in [1.807, 2.05) is 25.1 Å². The van der Waals surface area contributed by atoms with Crippen molar-refractivity contribution in [3.05, 3.63) is 29.6 Å². The smallest absolute Gasteiger partial charge is 0.251 e. The summed E-state index contributed by atoms with van der Waals surface area (Å²) >= 11 is 0. The second-order valence-electron chi connectivity index (χ2n) is 5.72. The van der Waals surface area contributed by atoms with Crippen LogP contribution in [0.5, 0.6) is 0 Å². The van der Waals surface area contributed by atoms with E-state index in [4.69, 9.17) is 0 Å². The van der Waals surface area contributed by atoms with Crippen molar-refractivity contribution in [1.82, 2.24) is 15.3 Å². The Hall–Kier alpha value is -1.84. The number of H-pyrrole nitrogens is 1. The standard InChI is InChI=1S/C16H21N3O/c1-11-17-14-9-8-12(10-15(14)18-11)16(20)19-13-6-4-2-3-5-7-13/h8-10,13H,2-7H2,1H3,(H,17,18)(H,19,20). The average Bonchev–Trinajstić information content (AvgIpc) is 2.62. The van der Waals surface area contributed by atoms with Crippen LogP contribution in [0.15, 0.2) is 18.2 Å². The highest BCUT2D eigenvalue weighted by molar-refractivity contribution is 5.97. The number of aromatic amines is 1. The zero-order valence-electron chi connectivity index (χ0n) is 11.9. The molecule has 1 fully saturated rings. The van der Waals surface area contributed by atoms with Crippen molar-refractivity contribution >= 4 is 16.9 Å². The molecule has 4 heteroatoms. The number of aromatic nitrogens is 2. The summed E-state index contributed by atoms with van der Waals surface area (Å²) in [4.78, 5) is 19.9. The number of amides is 1. The van der Waals surface area contributed by atoms with Crippen molar-refractivity contribution in [2.24, 2.45) is 0 Å². The van der Waals surface area contributed by atoms with Gasteiger partial charge in [0.2, 0.25) is 0 Å². The van der Waals surface area contributed by atoms with Gasteiger partial charge in [-0.15, -0.1) is 0 Å². The van der Waals surface area contributed by atoms with Gasteiger partial charge in [0.15, 0.2) is 0 Å². The summed E-state index contributed by atoms with van der Waals surface area (Å²) < 4.78 is 0. The summed E-state index contributed by atoms with van der Waals surface area (Å²) in [6.07, 6.45) is 7.26. The van der Waals surface area contributed by atoms with Gasteiger partial charge in [-0.3, -0.25) is 4.79 Å². The molecule has 0 unspecified atom stereocenters. The van der Waals surface area contributed by atoms with Gasteiger partial charge in [0, 0.05) is 11.6 Å². The Bertz CT molecular complexity index is 609. The second-order valence-corrected chi connectivity index (χ2v) is 5.72. The lowest BCUT2D eigenvalue weighted by Crippen LogP contribution is -2.34. The molecule has 3 rings (SSSR count). The molecule has 0 atom stereocenters. The quantitative estimate of drug-likeness (QED) is 0.823. The number of fused-ring (bicyclic) bond motifs is 1. The minimum atomic E-state index is 0.0334. The molecular weight excluding hydrogens is 250 g/mol. The lowest BCUT2D eigenvalue weighted by Gasteiger charge is -2.16. The number of hydrogen-bond acceptors (Lipinski definition) is 2. The Kier molecular flexibility index (Phi) is 3.72. The molecule has 20 heavy (non-hydrogen) atoms. The topological polar surface area (TPSA) is 57.8 Å². The van der Waals surface area contributed by atoms with Gasteiger partial charge in [-0.25, -0.2) is 4.98 Å². The van der Waals surface area contributed by atoms with Crippen molar-refractivity contribution in [3.63, 3.8) is 0 Å².